The topological polar surface area (TPSA) is 41.1 Å². The zero-order valence-electron chi connectivity index (χ0n) is 11.9. The van der Waals surface area contributed by atoms with E-state index in [9.17, 15) is 4.79 Å². The van der Waals surface area contributed by atoms with Gasteiger partial charge in [-0.25, -0.2) is 0 Å². The zero-order chi connectivity index (χ0) is 13.7. The maximum absolute atomic E-state index is 11.3. The molecule has 1 aromatic carbocycles. The van der Waals surface area contributed by atoms with Crippen LogP contribution in [0, 0.1) is 5.92 Å². The summed E-state index contributed by atoms with van der Waals surface area (Å²) in [6.07, 6.45) is 5.74. The van der Waals surface area contributed by atoms with E-state index < -0.39 is 0 Å². The van der Waals surface area contributed by atoms with Gasteiger partial charge in [0.1, 0.15) is 0 Å². The third-order valence-corrected chi connectivity index (χ3v) is 4.06. The van der Waals surface area contributed by atoms with E-state index in [1.54, 1.807) is 7.05 Å². The van der Waals surface area contributed by atoms with Gasteiger partial charge < -0.3 is 10.6 Å². The third-order valence-electron chi connectivity index (χ3n) is 4.06. The smallest absolute Gasteiger partial charge is 0.224 e. The zero-order valence-corrected chi connectivity index (χ0v) is 11.9. The first kappa shape index (κ1) is 13.9. The highest BCUT2D eigenvalue weighted by Crippen LogP contribution is 2.26. The molecule has 0 spiro atoms. The normalized spacial score (nSPS) is 22.8. The van der Waals surface area contributed by atoms with Crippen molar-refractivity contribution in [3.8, 4) is 0 Å². The molecule has 104 valence electrons. The molecule has 19 heavy (non-hydrogen) atoms. The lowest BCUT2D eigenvalue weighted by molar-refractivity contribution is -0.119. The Balaban J connectivity index is 1.92. The van der Waals surface area contributed by atoms with Crippen LogP contribution in [0.1, 0.15) is 38.2 Å². The molecule has 2 N–H and O–H groups in total. The van der Waals surface area contributed by atoms with Crippen molar-refractivity contribution in [1.82, 2.24) is 5.32 Å². The molecule has 3 nitrogen and oxygen atoms in total. The summed E-state index contributed by atoms with van der Waals surface area (Å²) in [4.78, 5) is 11.3. The SMILES string of the molecule is CNC(=O)Cc1ccc(NC2CCCCC2C)cc1. The van der Waals surface area contributed by atoms with E-state index in [2.05, 4.69) is 29.7 Å². The van der Waals surface area contributed by atoms with Crippen molar-refractivity contribution < 1.29 is 4.79 Å². The van der Waals surface area contributed by atoms with E-state index >= 15 is 0 Å². The Morgan fingerprint density at radius 3 is 2.53 bits per heavy atom. The molecule has 0 heterocycles. The van der Waals surface area contributed by atoms with Crippen molar-refractivity contribution in [2.75, 3.05) is 12.4 Å². The van der Waals surface area contributed by atoms with Crippen molar-refractivity contribution in [2.45, 2.75) is 45.1 Å². The van der Waals surface area contributed by atoms with Crippen molar-refractivity contribution in [3.05, 3.63) is 29.8 Å². The van der Waals surface area contributed by atoms with E-state index in [1.165, 1.54) is 31.4 Å². The number of hydrogen-bond acceptors (Lipinski definition) is 2. The van der Waals surface area contributed by atoms with Crippen molar-refractivity contribution in [1.29, 1.82) is 0 Å². The van der Waals surface area contributed by atoms with Gasteiger partial charge >= 0.3 is 0 Å². The van der Waals surface area contributed by atoms with Gasteiger partial charge in [-0.3, -0.25) is 4.79 Å². The van der Waals surface area contributed by atoms with Gasteiger partial charge in [0.2, 0.25) is 5.91 Å². The lowest BCUT2D eigenvalue weighted by Crippen LogP contribution is -2.30. The maximum atomic E-state index is 11.3. The van der Waals surface area contributed by atoms with Crippen LogP contribution in [-0.2, 0) is 11.2 Å². The highest BCUT2D eigenvalue weighted by Gasteiger charge is 2.20. The average molecular weight is 260 g/mol. The summed E-state index contributed by atoms with van der Waals surface area (Å²) in [5.74, 6) is 0.806. The van der Waals surface area contributed by atoms with E-state index in [1.807, 2.05) is 12.1 Å². The van der Waals surface area contributed by atoms with Gasteiger partial charge in [0.05, 0.1) is 6.42 Å². The van der Waals surface area contributed by atoms with Crippen LogP contribution in [0.3, 0.4) is 0 Å². The number of amides is 1. The summed E-state index contributed by atoms with van der Waals surface area (Å²) in [7, 11) is 1.67. The quantitative estimate of drug-likeness (QED) is 0.874. The minimum atomic E-state index is 0.0570. The molecule has 2 rings (SSSR count). The Morgan fingerprint density at radius 2 is 1.89 bits per heavy atom. The maximum Gasteiger partial charge on any atom is 0.224 e. The van der Waals surface area contributed by atoms with Crippen LogP contribution >= 0.6 is 0 Å². The Morgan fingerprint density at radius 1 is 1.21 bits per heavy atom. The molecule has 0 saturated heterocycles. The number of likely N-dealkylation sites (N-methyl/N-ethyl adjacent to an activating group) is 1. The van der Waals surface area contributed by atoms with Gasteiger partial charge in [0.15, 0.2) is 0 Å². The van der Waals surface area contributed by atoms with Crippen LogP contribution in [0.4, 0.5) is 5.69 Å². The monoisotopic (exact) mass is 260 g/mol. The standard InChI is InChI=1S/C16H24N2O/c1-12-5-3-4-6-15(12)18-14-9-7-13(8-10-14)11-16(19)17-2/h7-10,12,15,18H,3-6,11H2,1-2H3,(H,17,19). The van der Waals surface area contributed by atoms with Crippen LogP contribution in [0.15, 0.2) is 24.3 Å². The van der Waals surface area contributed by atoms with Crippen LogP contribution in [0.5, 0.6) is 0 Å². The Labute approximate surface area is 115 Å². The van der Waals surface area contributed by atoms with Crippen molar-refractivity contribution in [3.63, 3.8) is 0 Å². The van der Waals surface area contributed by atoms with E-state index in [0.29, 0.717) is 12.5 Å². The number of rotatable bonds is 4. The second-order valence-electron chi connectivity index (χ2n) is 5.56. The second-order valence-corrected chi connectivity index (χ2v) is 5.56. The number of anilines is 1. The molecule has 3 heteroatoms. The molecule has 1 fully saturated rings. The van der Waals surface area contributed by atoms with Crippen LogP contribution in [0.2, 0.25) is 0 Å². The predicted octanol–water partition coefficient (Wildman–Crippen LogP) is 2.97. The van der Waals surface area contributed by atoms with E-state index in [-0.39, 0.29) is 5.91 Å². The number of carbonyl (C=O) groups excluding carboxylic acids is 1. The number of hydrogen-bond donors (Lipinski definition) is 2. The summed E-state index contributed by atoms with van der Waals surface area (Å²) in [6, 6.07) is 8.83. The minimum absolute atomic E-state index is 0.0570. The van der Waals surface area contributed by atoms with Gasteiger partial charge in [0.25, 0.3) is 0 Å². The van der Waals surface area contributed by atoms with E-state index in [0.717, 1.165) is 11.5 Å². The number of benzene rings is 1. The number of carbonyl (C=O) groups is 1. The molecule has 0 bridgehead atoms. The van der Waals surface area contributed by atoms with Crippen molar-refractivity contribution >= 4 is 11.6 Å². The van der Waals surface area contributed by atoms with Crippen LogP contribution in [-0.4, -0.2) is 19.0 Å². The molecule has 2 unspecified atom stereocenters. The summed E-state index contributed by atoms with van der Waals surface area (Å²) >= 11 is 0. The van der Waals surface area contributed by atoms with Crippen molar-refractivity contribution in [2.24, 2.45) is 5.92 Å². The highest BCUT2D eigenvalue weighted by atomic mass is 16.1. The first-order valence-corrected chi connectivity index (χ1v) is 7.25. The van der Waals surface area contributed by atoms with E-state index in [4.69, 9.17) is 0 Å². The molecule has 1 aliphatic carbocycles. The molecule has 1 amide bonds. The first-order valence-electron chi connectivity index (χ1n) is 7.25. The molecular weight excluding hydrogens is 236 g/mol. The van der Waals surface area contributed by atoms with Crippen LogP contribution in [0.25, 0.3) is 0 Å². The molecule has 1 aliphatic rings. The van der Waals surface area contributed by atoms with Gasteiger partial charge in [-0.05, 0) is 36.5 Å². The summed E-state index contributed by atoms with van der Waals surface area (Å²) < 4.78 is 0. The average Bonchev–Trinajstić information content (AvgIpc) is 2.43. The largest absolute Gasteiger partial charge is 0.382 e. The molecule has 0 aromatic heterocycles. The Hall–Kier alpha value is -1.51. The van der Waals surface area contributed by atoms with Gasteiger partial charge in [-0.1, -0.05) is 31.9 Å². The number of nitrogens with one attached hydrogen (secondary N) is 2. The lowest BCUT2D eigenvalue weighted by atomic mass is 9.86. The molecule has 0 radical (unpaired) electrons. The second kappa shape index (κ2) is 6.60. The molecule has 2 atom stereocenters. The predicted molar refractivity (Wildman–Crippen MR) is 79.3 cm³/mol. The Kier molecular flexibility index (Phi) is 4.83. The minimum Gasteiger partial charge on any atom is -0.382 e. The van der Waals surface area contributed by atoms with Gasteiger partial charge in [-0.15, -0.1) is 0 Å². The molecular formula is C16H24N2O. The fourth-order valence-electron chi connectivity index (χ4n) is 2.74. The lowest BCUT2D eigenvalue weighted by Gasteiger charge is -2.30. The summed E-state index contributed by atoms with van der Waals surface area (Å²) in [6.45, 7) is 2.33. The van der Waals surface area contributed by atoms with Crippen LogP contribution < -0.4 is 10.6 Å². The summed E-state index contributed by atoms with van der Waals surface area (Å²) in [5.41, 5.74) is 2.22. The molecule has 0 aliphatic heterocycles. The van der Waals surface area contributed by atoms with Gasteiger partial charge in [0, 0.05) is 18.8 Å². The molecule has 1 saturated carbocycles. The summed E-state index contributed by atoms with van der Waals surface area (Å²) in [5, 5.41) is 6.27. The highest BCUT2D eigenvalue weighted by molar-refractivity contribution is 5.78. The van der Waals surface area contributed by atoms with Gasteiger partial charge in [-0.2, -0.15) is 0 Å². The molecule has 1 aromatic rings. The first-order chi connectivity index (χ1) is 9.19. The fourth-order valence-corrected chi connectivity index (χ4v) is 2.74. The Bertz CT molecular complexity index is 413. The fraction of sp³-hybridized carbons (Fsp3) is 0.562. The third kappa shape index (κ3) is 3.98.